The van der Waals surface area contributed by atoms with Gasteiger partial charge in [-0.15, -0.1) is 0 Å². The minimum Gasteiger partial charge on any atom is -0.497 e. The number of hydrogen-bond acceptors (Lipinski definition) is 6. The molecular weight excluding hydrogens is 420 g/mol. The van der Waals surface area contributed by atoms with E-state index in [1.54, 1.807) is 7.11 Å². The zero-order valence-electron chi connectivity index (χ0n) is 19.9. The number of fused-ring (bicyclic) bond motifs is 1. The first kappa shape index (κ1) is 23.0. The molecule has 0 radical (unpaired) electrons. The number of anilines is 1. The van der Waals surface area contributed by atoms with Crippen molar-refractivity contribution < 1.29 is 19.0 Å². The molecule has 0 saturated carbocycles. The van der Waals surface area contributed by atoms with Gasteiger partial charge in [-0.25, -0.2) is 4.79 Å². The summed E-state index contributed by atoms with van der Waals surface area (Å²) in [7, 11) is 1.68. The second-order valence-corrected chi connectivity index (χ2v) is 9.43. The smallest absolute Gasteiger partial charge is 0.315 e. The fraction of sp³-hybridized carbons (Fsp3) is 0.480. The number of hydrogen-bond donors (Lipinski definition) is 2. The maximum atomic E-state index is 12.4. The monoisotopic (exact) mass is 454 g/mol. The van der Waals surface area contributed by atoms with E-state index in [-0.39, 0.29) is 24.4 Å². The Morgan fingerprint density at radius 3 is 2.39 bits per heavy atom. The summed E-state index contributed by atoms with van der Waals surface area (Å²) < 4.78 is 16.4. The van der Waals surface area contributed by atoms with Crippen LogP contribution >= 0.6 is 0 Å². The molecule has 2 aliphatic rings. The van der Waals surface area contributed by atoms with Crippen LogP contribution in [-0.2, 0) is 0 Å². The minimum atomic E-state index is -0.289. The molecule has 1 fully saturated rings. The number of benzene rings is 2. The van der Waals surface area contributed by atoms with Crippen molar-refractivity contribution in [2.45, 2.75) is 32.4 Å². The van der Waals surface area contributed by atoms with Gasteiger partial charge in [-0.3, -0.25) is 4.90 Å². The van der Waals surface area contributed by atoms with Gasteiger partial charge in [0, 0.05) is 44.0 Å². The van der Waals surface area contributed by atoms with Gasteiger partial charge < -0.3 is 29.7 Å². The first-order valence-electron chi connectivity index (χ1n) is 11.4. The largest absolute Gasteiger partial charge is 0.497 e. The molecule has 4 rings (SSSR count). The molecule has 8 heteroatoms. The van der Waals surface area contributed by atoms with E-state index in [1.807, 2.05) is 45.0 Å². The zero-order chi connectivity index (χ0) is 23.4. The van der Waals surface area contributed by atoms with Crippen molar-refractivity contribution in [2.75, 3.05) is 51.5 Å². The predicted molar refractivity (Wildman–Crippen MR) is 128 cm³/mol. The summed E-state index contributed by atoms with van der Waals surface area (Å²) in [6.07, 6.45) is 0. The maximum absolute atomic E-state index is 12.4. The fourth-order valence-electron chi connectivity index (χ4n) is 4.24. The van der Waals surface area contributed by atoms with Crippen LogP contribution in [0.25, 0.3) is 0 Å². The van der Waals surface area contributed by atoms with E-state index in [2.05, 4.69) is 38.6 Å². The summed E-state index contributed by atoms with van der Waals surface area (Å²) in [4.78, 5) is 17.3. The number of methoxy groups -OCH3 is 1. The van der Waals surface area contributed by atoms with Gasteiger partial charge in [0.15, 0.2) is 11.5 Å². The number of nitrogens with zero attached hydrogens (tertiary/aromatic N) is 2. The van der Waals surface area contributed by atoms with Crippen LogP contribution in [0.15, 0.2) is 42.5 Å². The van der Waals surface area contributed by atoms with E-state index in [4.69, 9.17) is 14.2 Å². The number of piperazine rings is 1. The number of ether oxygens (including phenoxy) is 3. The lowest BCUT2D eigenvalue weighted by Gasteiger charge is -2.40. The average molecular weight is 455 g/mol. The third-order valence-corrected chi connectivity index (χ3v) is 5.92. The molecule has 1 unspecified atom stereocenters. The first-order valence-corrected chi connectivity index (χ1v) is 11.4. The molecule has 0 aromatic heterocycles. The van der Waals surface area contributed by atoms with Crippen molar-refractivity contribution in [3.05, 3.63) is 48.0 Å². The molecule has 2 heterocycles. The summed E-state index contributed by atoms with van der Waals surface area (Å²) in [5.41, 5.74) is 2.01. The molecule has 0 spiro atoms. The Morgan fingerprint density at radius 1 is 1.03 bits per heavy atom. The number of carbonyl (C=O) groups excluding carboxylic acids is 1. The van der Waals surface area contributed by atoms with E-state index in [0.717, 1.165) is 49.0 Å². The highest BCUT2D eigenvalue weighted by atomic mass is 16.7. The number of amides is 2. The van der Waals surface area contributed by atoms with E-state index < -0.39 is 0 Å². The van der Waals surface area contributed by atoms with Crippen molar-refractivity contribution in [1.29, 1.82) is 0 Å². The van der Waals surface area contributed by atoms with Gasteiger partial charge in [0.25, 0.3) is 0 Å². The second-order valence-electron chi connectivity index (χ2n) is 9.43. The van der Waals surface area contributed by atoms with Crippen molar-refractivity contribution >= 4 is 11.7 Å². The molecule has 178 valence electrons. The van der Waals surface area contributed by atoms with Crippen LogP contribution in [0, 0.1) is 0 Å². The molecule has 2 amide bonds. The standard InChI is InChI=1S/C25H34N4O4/c1-25(2,3)27-24(30)26-16-21(18-5-10-22-23(15-18)33-17-32-22)29-13-11-28(12-14-29)19-6-8-20(31-4)9-7-19/h5-10,15,21H,11-14,16-17H2,1-4H3,(H2,26,27,30). The van der Waals surface area contributed by atoms with Crippen LogP contribution in [-0.4, -0.2) is 63.1 Å². The molecule has 0 bridgehead atoms. The van der Waals surface area contributed by atoms with Crippen LogP contribution in [0.3, 0.4) is 0 Å². The summed E-state index contributed by atoms with van der Waals surface area (Å²) >= 11 is 0. The van der Waals surface area contributed by atoms with Crippen molar-refractivity contribution in [3.8, 4) is 17.2 Å². The van der Waals surface area contributed by atoms with E-state index >= 15 is 0 Å². The van der Waals surface area contributed by atoms with Gasteiger partial charge in [0.2, 0.25) is 6.79 Å². The Kier molecular flexibility index (Phi) is 6.83. The maximum Gasteiger partial charge on any atom is 0.315 e. The fourth-order valence-corrected chi connectivity index (χ4v) is 4.24. The van der Waals surface area contributed by atoms with Gasteiger partial charge >= 0.3 is 6.03 Å². The summed E-state index contributed by atoms with van der Waals surface area (Å²) in [6, 6.07) is 14.1. The van der Waals surface area contributed by atoms with Crippen LogP contribution in [0.1, 0.15) is 32.4 Å². The molecule has 8 nitrogen and oxygen atoms in total. The summed E-state index contributed by atoms with van der Waals surface area (Å²) in [6.45, 7) is 10.2. The van der Waals surface area contributed by atoms with Crippen LogP contribution in [0.2, 0.25) is 0 Å². The lowest BCUT2D eigenvalue weighted by Crippen LogP contribution is -2.52. The number of nitrogens with one attached hydrogen (secondary N) is 2. The summed E-state index contributed by atoms with van der Waals surface area (Å²) in [5, 5.41) is 6.04. The topological polar surface area (TPSA) is 75.3 Å². The molecule has 2 N–H and O–H groups in total. The van der Waals surface area contributed by atoms with Gasteiger partial charge in [0.05, 0.1) is 13.2 Å². The van der Waals surface area contributed by atoms with Crippen LogP contribution in [0.4, 0.5) is 10.5 Å². The Balaban J connectivity index is 1.45. The van der Waals surface area contributed by atoms with Gasteiger partial charge in [0.1, 0.15) is 5.75 Å². The molecule has 1 atom stereocenters. The van der Waals surface area contributed by atoms with Gasteiger partial charge in [-0.1, -0.05) is 6.07 Å². The van der Waals surface area contributed by atoms with E-state index in [1.165, 1.54) is 5.69 Å². The predicted octanol–water partition coefficient (Wildman–Crippen LogP) is 3.38. The van der Waals surface area contributed by atoms with E-state index in [9.17, 15) is 4.79 Å². The normalized spacial score (nSPS) is 16.9. The molecule has 0 aliphatic carbocycles. The number of urea groups is 1. The SMILES string of the molecule is COc1ccc(N2CCN(C(CNC(=O)NC(C)(C)C)c3ccc4c(c3)OCO4)CC2)cc1. The van der Waals surface area contributed by atoms with Crippen LogP contribution in [0.5, 0.6) is 17.2 Å². The van der Waals surface area contributed by atoms with Crippen molar-refractivity contribution in [2.24, 2.45) is 0 Å². The third-order valence-electron chi connectivity index (χ3n) is 5.92. The Hall–Kier alpha value is -3.13. The lowest BCUT2D eigenvalue weighted by atomic mass is 10.0. The highest BCUT2D eigenvalue weighted by Crippen LogP contribution is 2.36. The first-order chi connectivity index (χ1) is 15.8. The second kappa shape index (κ2) is 9.79. The minimum absolute atomic E-state index is 0.0308. The molecule has 1 saturated heterocycles. The summed E-state index contributed by atoms with van der Waals surface area (Å²) in [5.74, 6) is 2.38. The Morgan fingerprint density at radius 2 is 1.73 bits per heavy atom. The highest BCUT2D eigenvalue weighted by molar-refractivity contribution is 5.74. The molecule has 2 aromatic rings. The molecule has 33 heavy (non-hydrogen) atoms. The van der Waals surface area contributed by atoms with E-state index in [0.29, 0.717) is 6.54 Å². The Bertz CT molecular complexity index is 950. The quantitative estimate of drug-likeness (QED) is 0.697. The third kappa shape index (κ3) is 5.82. The highest BCUT2D eigenvalue weighted by Gasteiger charge is 2.28. The van der Waals surface area contributed by atoms with Crippen molar-refractivity contribution in [1.82, 2.24) is 15.5 Å². The van der Waals surface area contributed by atoms with Crippen LogP contribution < -0.4 is 29.7 Å². The van der Waals surface area contributed by atoms with Gasteiger partial charge in [-0.2, -0.15) is 0 Å². The van der Waals surface area contributed by atoms with Gasteiger partial charge in [-0.05, 0) is 62.7 Å². The number of rotatable bonds is 6. The molecule has 2 aromatic carbocycles. The Labute approximate surface area is 195 Å². The molecule has 2 aliphatic heterocycles. The average Bonchev–Trinajstić information content (AvgIpc) is 3.27. The number of carbonyl (C=O) groups is 1. The van der Waals surface area contributed by atoms with Crippen molar-refractivity contribution in [3.63, 3.8) is 0 Å². The lowest BCUT2D eigenvalue weighted by molar-refractivity contribution is 0.172. The zero-order valence-corrected chi connectivity index (χ0v) is 19.9. The molecular formula is C25H34N4O4.